The van der Waals surface area contributed by atoms with E-state index in [1.807, 2.05) is 0 Å². The number of rotatable bonds is 7. The van der Waals surface area contributed by atoms with Crippen molar-refractivity contribution in [1.29, 1.82) is 0 Å². The highest BCUT2D eigenvalue weighted by molar-refractivity contribution is 5.78. The molecule has 138 valence electrons. The minimum atomic E-state index is -0.474. The van der Waals surface area contributed by atoms with Gasteiger partial charge in [0.1, 0.15) is 0 Å². The van der Waals surface area contributed by atoms with Crippen molar-refractivity contribution in [3.8, 4) is 5.75 Å². The van der Waals surface area contributed by atoms with E-state index < -0.39 is 11.8 Å². The normalized spacial score (nSPS) is 15.5. The number of benzene rings is 1. The largest absolute Gasteiger partial charge is 0.494 e. The van der Waals surface area contributed by atoms with Crippen LogP contribution in [0, 0.1) is 5.82 Å². The lowest BCUT2D eigenvalue weighted by molar-refractivity contribution is -0.121. The molecule has 1 aromatic carbocycles. The first-order valence-corrected chi connectivity index (χ1v) is 8.66. The highest BCUT2D eigenvalue weighted by Crippen LogP contribution is 2.21. The van der Waals surface area contributed by atoms with Crippen molar-refractivity contribution in [2.75, 3.05) is 13.7 Å². The molecular formula is C18H26FN3O3. The minimum Gasteiger partial charge on any atom is -0.494 e. The van der Waals surface area contributed by atoms with Gasteiger partial charge in [-0.05, 0) is 37.5 Å². The Morgan fingerprint density at radius 3 is 2.68 bits per heavy atom. The number of amides is 3. The van der Waals surface area contributed by atoms with Crippen molar-refractivity contribution >= 4 is 11.9 Å². The van der Waals surface area contributed by atoms with Crippen molar-refractivity contribution in [2.24, 2.45) is 0 Å². The monoisotopic (exact) mass is 351 g/mol. The van der Waals surface area contributed by atoms with Crippen molar-refractivity contribution in [2.45, 2.75) is 51.1 Å². The lowest BCUT2D eigenvalue weighted by Gasteiger charge is -2.16. The zero-order valence-corrected chi connectivity index (χ0v) is 14.7. The molecule has 3 amide bonds. The van der Waals surface area contributed by atoms with Gasteiger partial charge in [-0.1, -0.05) is 18.9 Å². The molecule has 1 aliphatic carbocycles. The van der Waals surface area contributed by atoms with Gasteiger partial charge in [-0.25, -0.2) is 9.18 Å². The quantitative estimate of drug-likeness (QED) is 0.706. The van der Waals surface area contributed by atoms with Crippen LogP contribution in [-0.2, 0) is 4.79 Å². The molecule has 1 aliphatic rings. The van der Waals surface area contributed by atoms with Gasteiger partial charge in [-0.3, -0.25) is 4.79 Å². The Kier molecular flexibility index (Phi) is 7.03. The molecule has 0 bridgehead atoms. The van der Waals surface area contributed by atoms with Crippen molar-refractivity contribution in [1.82, 2.24) is 16.0 Å². The summed E-state index contributed by atoms with van der Waals surface area (Å²) in [6.07, 6.45) is 4.64. The molecule has 7 heteroatoms. The Labute approximate surface area is 147 Å². The third kappa shape index (κ3) is 5.92. The van der Waals surface area contributed by atoms with Crippen LogP contribution in [0.1, 0.15) is 50.6 Å². The molecule has 1 aromatic rings. The summed E-state index contributed by atoms with van der Waals surface area (Å²) >= 11 is 0. The number of hydrogen-bond donors (Lipinski definition) is 3. The topological polar surface area (TPSA) is 79.5 Å². The second kappa shape index (κ2) is 9.25. The van der Waals surface area contributed by atoms with E-state index in [-0.39, 0.29) is 36.7 Å². The van der Waals surface area contributed by atoms with Crippen LogP contribution in [0.3, 0.4) is 0 Å². The van der Waals surface area contributed by atoms with Crippen LogP contribution in [0.2, 0.25) is 0 Å². The molecule has 0 spiro atoms. The number of nitrogens with one attached hydrogen (secondary N) is 3. The second-order valence-electron chi connectivity index (χ2n) is 6.31. The Morgan fingerprint density at radius 2 is 2.04 bits per heavy atom. The van der Waals surface area contributed by atoms with Gasteiger partial charge in [0.05, 0.1) is 13.2 Å². The van der Waals surface area contributed by atoms with Crippen LogP contribution >= 0.6 is 0 Å². The summed E-state index contributed by atoms with van der Waals surface area (Å²) in [5.41, 5.74) is 0.632. The summed E-state index contributed by atoms with van der Waals surface area (Å²) in [6, 6.07) is 4.07. The highest BCUT2D eigenvalue weighted by atomic mass is 19.1. The lowest BCUT2D eigenvalue weighted by Crippen LogP contribution is -2.40. The fourth-order valence-electron chi connectivity index (χ4n) is 2.94. The summed E-state index contributed by atoms with van der Waals surface area (Å²) in [5.74, 6) is -0.358. The third-order valence-electron chi connectivity index (χ3n) is 4.38. The molecule has 0 heterocycles. The lowest BCUT2D eigenvalue weighted by atomic mass is 10.1. The van der Waals surface area contributed by atoms with E-state index in [1.54, 1.807) is 13.0 Å². The first kappa shape index (κ1) is 19.0. The van der Waals surface area contributed by atoms with E-state index in [0.717, 1.165) is 25.7 Å². The van der Waals surface area contributed by atoms with Crippen LogP contribution in [-0.4, -0.2) is 31.6 Å². The van der Waals surface area contributed by atoms with Gasteiger partial charge < -0.3 is 20.7 Å². The first-order chi connectivity index (χ1) is 12.0. The summed E-state index contributed by atoms with van der Waals surface area (Å²) in [4.78, 5) is 23.7. The van der Waals surface area contributed by atoms with Gasteiger partial charge in [0.25, 0.3) is 0 Å². The maximum atomic E-state index is 13.7. The van der Waals surface area contributed by atoms with Gasteiger partial charge in [0.15, 0.2) is 11.6 Å². The fraction of sp³-hybridized carbons (Fsp3) is 0.556. The third-order valence-corrected chi connectivity index (χ3v) is 4.38. The van der Waals surface area contributed by atoms with Gasteiger partial charge in [-0.2, -0.15) is 0 Å². The zero-order valence-electron chi connectivity index (χ0n) is 14.7. The maximum Gasteiger partial charge on any atom is 0.315 e. The summed E-state index contributed by atoms with van der Waals surface area (Å²) in [5, 5.41) is 8.34. The van der Waals surface area contributed by atoms with Crippen LogP contribution in [0.15, 0.2) is 18.2 Å². The summed E-state index contributed by atoms with van der Waals surface area (Å²) < 4.78 is 18.6. The fourth-order valence-corrected chi connectivity index (χ4v) is 2.94. The van der Waals surface area contributed by atoms with Crippen LogP contribution < -0.4 is 20.7 Å². The Hall–Kier alpha value is -2.31. The maximum absolute atomic E-state index is 13.7. The van der Waals surface area contributed by atoms with Crippen LogP contribution in [0.25, 0.3) is 0 Å². The molecule has 1 fully saturated rings. The summed E-state index contributed by atoms with van der Waals surface area (Å²) in [7, 11) is 1.40. The standard InChI is InChI=1S/C18H26FN3O3/c1-12(13-7-8-16(25-2)15(19)11-13)21-18(24)20-10-9-17(23)22-14-5-3-4-6-14/h7-8,11-12,14H,3-6,9-10H2,1-2H3,(H,22,23)(H2,20,21,24). The predicted octanol–water partition coefficient (Wildman–Crippen LogP) is 2.64. The van der Waals surface area contributed by atoms with Crippen LogP contribution in [0.5, 0.6) is 5.75 Å². The second-order valence-corrected chi connectivity index (χ2v) is 6.31. The predicted molar refractivity (Wildman–Crippen MR) is 92.9 cm³/mol. The van der Waals surface area contributed by atoms with E-state index in [4.69, 9.17) is 4.74 Å². The molecule has 3 N–H and O–H groups in total. The van der Waals surface area contributed by atoms with E-state index in [9.17, 15) is 14.0 Å². The van der Waals surface area contributed by atoms with Gasteiger partial charge in [0, 0.05) is 19.0 Å². The van der Waals surface area contributed by atoms with Crippen molar-refractivity contribution in [3.63, 3.8) is 0 Å². The molecule has 0 saturated heterocycles. The smallest absolute Gasteiger partial charge is 0.315 e. The van der Waals surface area contributed by atoms with E-state index >= 15 is 0 Å². The number of hydrogen-bond acceptors (Lipinski definition) is 3. The molecule has 6 nitrogen and oxygen atoms in total. The molecule has 0 radical (unpaired) electrons. The Bertz CT molecular complexity index is 603. The first-order valence-electron chi connectivity index (χ1n) is 8.66. The average Bonchev–Trinajstić information content (AvgIpc) is 3.07. The number of carbonyl (C=O) groups excluding carboxylic acids is 2. The number of urea groups is 1. The molecule has 0 aromatic heterocycles. The Morgan fingerprint density at radius 1 is 1.32 bits per heavy atom. The molecule has 1 saturated carbocycles. The highest BCUT2D eigenvalue weighted by Gasteiger charge is 2.17. The molecule has 0 aliphatic heterocycles. The zero-order chi connectivity index (χ0) is 18.2. The van der Waals surface area contributed by atoms with Crippen LogP contribution in [0.4, 0.5) is 9.18 Å². The number of methoxy groups -OCH3 is 1. The van der Waals surface area contributed by atoms with E-state index in [2.05, 4.69) is 16.0 Å². The molecule has 1 unspecified atom stereocenters. The minimum absolute atomic E-state index is 0.0440. The average molecular weight is 351 g/mol. The van der Waals surface area contributed by atoms with Crippen molar-refractivity contribution in [3.05, 3.63) is 29.6 Å². The molecular weight excluding hydrogens is 325 g/mol. The molecule has 2 rings (SSSR count). The number of ether oxygens (including phenoxy) is 1. The van der Waals surface area contributed by atoms with Gasteiger partial charge in [0.2, 0.25) is 5.91 Å². The van der Waals surface area contributed by atoms with E-state index in [0.29, 0.717) is 5.56 Å². The van der Waals surface area contributed by atoms with Gasteiger partial charge in [-0.15, -0.1) is 0 Å². The molecule has 1 atom stereocenters. The number of carbonyl (C=O) groups is 2. The Balaban J connectivity index is 1.70. The van der Waals surface area contributed by atoms with Gasteiger partial charge >= 0.3 is 6.03 Å². The summed E-state index contributed by atoms with van der Waals surface area (Å²) in [6.45, 7) is 2.02. The molecule has 25 heavy (non-hydrogen) atoms. The number of halogens is 1. The van der Waals surface area contributed by atoms with Crippen molar-refractivity contribution < 1.29 is 18.7 Å². The SMILES string of the molecule is COc1ccc(C(C)NC(=O)NCCC(=O)NC2CCCC2)cc1F. The van der Waals surface area contributed by atoms with E-state index in [1.165, 1.54) is 19.2 Å².